The maximum Gasteiger partial charge on any atom is 0.341 e. The van der Waals surface area contributed by atoms with Crippen LogP contribution in [-0.2, 0) is 34.0 Å². The second kappa shape index (κ2) is 8.67. The van der Waals surface area contributed by atoms with E-state index in [-0.39, 0.29) is 36.0 Å². The normalized spacial score (nSPS) is 20.0. The molecule has 0 saturated heterocycles. The quantitative estimate of drug-likeness (QED) is 0.405. The van der Waals surface area contributed by atoms with Gasteiger partial charge in [0.1, 0.15) is 28.9 Å². The van der Waals surface area contributed by atoms with Gasteiger partial charge in [0.2, 0.25) is 11.8 Å². The largest absolute Gasteiger partial charge is 0.462 e. The highest BCUT2D eigenvalue weighted by atomic mass is 16.5. The minimum Gasteiger partial charge on any atom is -0.462 e. The van der Waals surface area contributed by atoms with E-state index in [1.54, 1.807) is 31.3 Å². The fourth-order valence-electron chi connectivity index (χ4n) is 4.02. The number of para-hydroxylation sites is 1. The van der Waals surface area contributed by atoms with Crippen molar-refractivity contribution >= 4 is 23.5 Å². The minimum absolute atomic E-state index is 0.0765. The van der Waals surface area contributed by atoms with Crippen LogP contribution in [0.3, 0.4) is 0 Å². The number of fused-ring (bicyclic) bond motifs is 2. The lowest BCUT2D eigenvalue weighted by atomic mass is 9.67. The van der Waals surface area contributed by atoms with E-state index < -0.39 is 23.3 Å². The van der Waals surface area contributed by atoms with Crippen LogP contribution >= 0.6 is 0 Å². The van der Waals surface area contributed by atoms with Crippen LogP contribution in [0, 0.1) is 0 Å². The Labute approximate surface area is 180 Å². The highest BCUT2D eigenvalue weighted by molar-refractivity contribution is 6.22. The highest BCUT2D eigenvalue weighted by Gasteiger charge is 2.63. The van der Waals surface area contributed by atoms with E-state index in [9.17, 15) is 14.4 Å². The predicted octanol–water partition coefficient (Wildman–Crippen LogP) is 2.45. The molecule has 0 saturated carbocycles. The Hall–Kier alpha value is -3.55. The molecule has 0 radical (unpaired) electrons. The summed E-state index contributed by atoms with van der Waals surface area (Å²) < 4.78 is 16.2. The van der Waals surface area contributed by atoms with Gasteiger partial charge in [-0.3, -0.25) is 4.79 Å². The molecule has 8 nitrogen and oxygen atoms in total. The van der Waals surface area contributed by atoms with Crippen LogP contribution in [0.2, 0.25) is 0 Å². The standard InChI is InChI=1S/C23H26N2O6/c1-5-7-13-30-21(27)18-19(24)31-14(3)17(20(26)29-12-6-2)23(18)15-10-8-9-11-16(15)25(4)22(23)28/h6,8-11H,2,5,7,12-13,24H2,1,3-4H3/t23-/m0/s1. The average Bonchev–Trinajstić information content (AvgIpc) is 2.95. The van der Waals surface area contributed by atoms with Crippen molar-refractivity contribution in [3.8, 4) is 0 Å². The number of nitrogens with two attached hydrogens (primary N) is 1. The van der Waals surface area contributed by atoms with E-state index in [0.717, 1.165) is 6.42 Å². The molecular formula is C23H26N2O6. The van der Waals surface area contributed by atoms with E-state index in [0.29, 0.717) is 17.7 Å². The number of esters is 2. The first kappa shape index (κ1) is 22.1. The molecule has 0 bridgehead atoms. The number of nitrogens with zero attached hydrogens (tertiary/aromatic N) is 1. The molecule has 2 aliphatic heterocycles. The van der Waals surface area contributed by atoms with Gasteiger partial charge in [-0.25, -0.2) is 9.59 Å². The first-order chi connectivity index (χ1) is 14.8. The van der Waals surface area contributed by atoms with Gasteiger partial charge in [0.05, 0.1) is 6.61 Å². The molecule has 1 amide bonds. The number of anilines is 1. The van der Waals surface area contributed by atoms with Crippen LogP contribution in [0.25, 0.3) is 0 Å². The van der Waals surface area contributed by atoms with Crippen molar-refractivity contribution in [2.75, 3.05) is 25.2 Å². The summed E-state index contributed by atoms with van der Waals surface area (Å²) in [5, 5.41) is 0. The lowest BCUT2D eigenvalue weighted by Crippen LogP contribution is -2.50. The number of carbonyl (C=O) groups is 3. The van der Waals surface area contributed by atoms with E-state index in [2.05, 4.69) is 6.58 Å². The summed E-state index contributed by atoms with van der Waals surface area (Å²) in [6.07, 6.45) is 2.86. The van der Waals surface area contributed by atoms with Gasteiger partial charge in [-0.15, -0.1) is 0 Å². The number of likely N-dealkylation sites (N-methyl/N-ethyl adjacent to an activating group) is 1. The zero-order valence-corrected chi connectivity index (χ0v) is 17.9. The smallest absolute Gasteiger partial charge is 0.341 e. The number of hydrogen-bond acceptors (Lipinski definition) is 7. The molecule has 2 N–H and O–H groups in total. The molecule has 164 valence electrons. The third-order valence-corrected chi connectivity index (χ3v) is 5.38. The van der Waals surface area contributed by atoms with Gasteiger partial charge in [-0.05, 0) is 19.4 Å². The zero-order valence-electron chi connectivity index (χ0n) is 17.9. The summed E-state index contributed by atoms with van der Waals surface area (Å²) in [4.78, 5) is 41.5. The molecule has 0 unspecified atom stereocenters. The van der Waals surface area contributed by atoms with Crippen molar-refractivity contribution in [2.24, 2.45) is 5.73 Å². The predicted molar refractivity (Wildman–Crippen MR) is 114 cm³/mol. The molecule has 1 atom stereocenters. The number of unbranched alkanes of at least 4 members (excludes halogenated alkanes) is 1. The molecule has 1 aromatic carbocycles. The van der Waals surface area contributed by atoms with Gasteiger partial charge in [-0.1, -0.05) is 44.2 Å². The molecule has 2 heterocycles. The molecule has 0 fully saturated rings. The Morgan fingerprint density at radius 2 is 1.90 bits per heavy atom. The molecule has 8 heteroatoms. The molecular weight excluding hydrogens is 400 g/mol. The Morgan fingerprint density at radius 1 is 1.23 bits per heavy atom. The van der Waals surface area contributed by atoms with Crippen LogP contribution in [0.15, 0.2) is 59.7 Å². The van der Waals surface area contributed by atoms with Crippen LogP contribution < -0.4 is 10.6 Å². The van der Waals surface area contributed by atoms with Gasteiger partial charge in [0.15, 0.2) is 0 Å². The average molecular weight is 426 g/mol. The number of benzene rings is 1. The fraction of sp³-hybridized carbons (Fsp3) is 0.348. The Bertz CT molecular complexity index is 1010. The summed E-state index contributed by atoms with van der Waals surface area (Å²) in [5.41, 5.74) is 4.96. The number of hydrogen-bond donors (Lipinski definition) is 1. The van der Waals surface area contributed by atoms with Crippen molar-refractivity contribution in [1.29, 1.82) is 0 Å². The Kier molecular flexibility index (Phi) is 6.19. The highest BCUT2D eigenvalue weighted by Crippen LogP contribution is 2.54. The first-order valence-electron chi connectivity index (χ1n) is 10.0. The summed E-state index contributed by atoms with van der Waals surface area (Å²) in [5.74, 6) is -2.34. The van der Waals surface area contributed by atoms with Gasteiger partial charge in [0, 0.05) is 18.3 Å². The second-order valence-electron chi connectivity index (χ2n) is 7.28. The van der Waals surface area contributed by atoms with E-state index in [1.165, 1.54) is 17.9 Å². The van der Waals surface area contributed by atoms with Crippen molar-refractivity contribution in [1.82, 2.24) is 0 Å². The molecule has 1 spiro atoms. The van der Waals surface area contributed by atoms with Gasteiger partial charge < -0.3 is 24.8 Å². The van der Waals surface area contributed by atoms with Crippen molar-refractivity contribution < 1.29 is 28.6 Å². The zero-order chi connectivity index (χ0) is 22.8. The van der Waals surface area contributed by atoms with E-state index >= 15 is 0 Å². The monoisotopic (exact) mass is 426 g/mol. The van der Waals surface area contributed by atoms with Crippen LogP contribution in [0.1, 0.15) is 32.3 Å². The van der Waals surface area contributed by atoms with Crippen molar-refractivity contribution in [2.45, 2.75) is 32.1 Å². The van der Waals surface area contributed by atoms with Crippen LogP contribution in [0.4, 0.5) is 5.69 Å². The third kappa shape index (κ3) is 3.37. The topological polar surface area (TPSA) is 108 Å². The first-order valence-corrected chi connectivity index (χ1v) is 10.0. The van der Waals surface area contributed by atoms with E-state index in [4.69, 9.17) is 19.9 Å². The molecule has 3 rings (SSSR count). The number of ether oxygens (including phenoxy) is 3. The minimum atomic E-state index is -1.83. The maximum atomic E-state index is 13.8. The summed E-state index contributed by atoms with van der Waals surface area (Å²) in [6, 6.07) is 6.90. The third-order valence-electron chi connectivity index (χ3n) is 5.38. The molecule has 2 aliphatic rings. The summed E-state index contributed by atoms with van der Waals surface area (Å²) >= 11 is 0. The number of rotatable bonds is 7. The molecule has 0 aliphatic carbocycles. The van der Waals surface area contributed by atoms with Gasteiger partial charge >= 0.3 is 11.9 Å². The maximum absolute atomic E-state index is 13.8. The fourth-order valence-corrected chi connectivity index (χ4v) is 4.02. The second-order valence-corrected chi connectivity index (χ2v) is 7.28. The molecule has 1 aromatic rings. The van der Waals surface area contributed by atoms with Crippen molar-refractivity contribution in [3.05, 3.63) is 65.3 Å². The van der Waals surface area contributed by atoms with Gasteiger partial charge in [-0.2, -0.15) is 0 Å². The number of amides is 1. The van der Waals surface area contributed by atoms with E-state index in [1.807, 2.05) is 6.92 Å². The summed E-state index contributed by atoms with van der Waals surface area (Å²) in [6.45, 7) is 7.07. The lowest BCUT2D eigenvalue weighted by Gasteiger charge is -2.36. The lowest BCUT2D eigenvalue weighted by molar-refractivity contribution is -0.143. The number of carbonyl (C=O) groups excluding carboxylic acids is 3. The molecule has 31 heavy (non-hydrogen) atoms. The van der Waals surface area contributed by atoms with Gasteiger partial charge in [0.25, 0.3) is 0 Å². The molecule has 0 aromatic heterocycles. The summed E-state index contributed by atoms with van der Waals surface area (Å²) in [7, 11) is 1.57. The van der Waals surface area contributed by atoms with Crippen LogP contribution in [0.5, 0.6) is 0 Å². The van der Waals surface area contributed by atoms with Crippen molar-refractivity contribution in [3.63, 3.8) is 0 Å². The Morgan fingerprint density at radius 3 is 2.58 bits per heavy atom. The van der Waals surface area contributed by atoms with Crippen LogP contribution in [-0.4, -0.2) is 38.1 Å². The Balaban J connectivity index is 2.28. The number of allylic oxidation sites excluding steroid dienone is 1. The SMILES string of the molecule is C=CCOC(=O)C1=C(C)OC(N)=C(C(=O)OCCCC)[C@@]12C(=O)N(C)c1ccccc12.